The molecule has 0 spiro atoms. The Morgan fingerprint density at radius 3 is 2.65 bits per heavy atom. The van der Waals surface area contributed by atoms with Gasteiger partial charge in [0.2, 0.25) is 5.28 Å². The van der Waals surface area contributed by atoms with Crippen LogP contribution in [0.15, 0.2) is 22.7 Å². The minimum atomic E-state index is 0.266. The first-order valence-electron chi connectivity index (χ1n) is 5.38. The van der Waals surface area contributed by atoms with Crippen molar-refractivity contribution in [2.75, 3.05) is 0 Å². The van der Waals surface area contributed by atoms with E-state index in [0.717, 1.165) is 21.5 Å². The number of nitrogens with zero attached hydrogens (tertiary/aromatic N) is 3. The SMILES string of the molecule is Cc1cccc(-n2c(Cl)nnc2C(C)C)c1Br. The third-order valence-corrected chi connectivity index (χ3v) is 3.85. The molecule has 0 N–H and O–H groups in total. The molecule has 0 atom stereocenters. The molecule has 0 bridgehead atoms. The van der Waals surface area contributed by atoms with Crippen LogP contribution in [0.4, 0.5) is 0 Å². The van der Waals surface area contributed by atoms with Crippen molar-refractivity contribution in [3.05, 3.63) is 39.3 Å². The van der Waals surface area contributed by atoms with Gasteiger partial charge < -0.3 is 0 Å². The quantitative estimate of drug-likeness (QED) is 0.835. The summed E-state index contributed by atoms with van der Waals surface area (Å²) in [6.45, 7) is 6.18. The van der Waals surface area contributed by atoms with E-state index in [4.69, 9.17) is 11.6 Å². The summed E-state index contributed by atoms with van der Waals surface area (Å²) < 4.78 is 2.90. The summed E-state index contributed by atoms with van der Waals surface area (Å²) in [5.74, 6) is 1.13. The largest absolute Gasteiger partial charge is 0.268 e. The highest BCUT2D eigenvalue weighted by atomic mass is 79.9. The Bertz CT molecular complexity index is 549. The molecular weight excluding hydrogens is 302 g/mol. The topological polar surface area (TPSA) is 30.7 Å². The molecule has 17 heavy (non-hydrogen) atoms. The summed E-state index contributed by atoms with van der Waals surface area (Å²) in [5, 5.41) is 8.45. The van der Waals surface area contributed by atoms with Crippen molar-refractivity contribution in [2.45, 2.75) is 26.7 Å². The van der Waals surface area contributed by atoms with Crippen molar-refractivity contribution >= 4 is 27.5 Å². The Morgan fingerprint density at radius 2 is 2.00 bits per heavy atom. The minimum Gasteiger partial charge on any atom is -0.268 e. The van der Waals surface area contributed by atoms with Gasteiger partial charge in [-0.25, -0.2) is 0 Å². The second-order valence-electron chi connectivity index (χ2n) is 4.23. The average molecular weight is 315 g/mol. The first-order valence-corrected chi connectivity index (χ1v) is 6.55. The number of aromatic nitrogens is 3. The third-order valence-electron chi connectivity index (χ3n) is 2.58. The zero-order chi connectivity index (χ0) is 12.6. The van der Waals surface area contributed by atoms with Gasteiger partial charge in [-0.05, 0) is 46.1 Å². The van der Waals surface area contributed by atoms with Crippen molar-refractivity contribution < 1.29 is 0 Å². The Kier molecular flexibility index (Phi) is 3.54. The van der Waals surface area contributed by atoms with Gasteiger partial charge in [-0.1, -0.05) is 26.0 Å². The summed E-state index contributed by atoms with van der Waals surface area (Å²) in [7, 11) is 0. The first kappa shape index (κ1) is 12.6. The molecule has 0 aliphatic rings. The molecule has 2 aromatic rings. The molecule has 5 heteroatoms. The summed E-state index contributed by atoms with van der Waals surface area (Å²) in [5.41, 5.74) is 2.13. The summed E-state index contributed by atoms with van der Waals surface area (Å²) in [4.78, 5) is 0. The minimum absolute atomic E-state index is 0.266. The van der Waals surface area contributed by atoms with E-state index in [1.165, 1.54) is 0 Å². The molecule has 0 unspecified atom stereocenters. The van der Waals surface area contributed by atoms with E-state index in [0.29, 0.717) is 5.28 Å². The summed E-state index contributed by atoms with van der Waals surface area (Å²) in [6.07, 6.45) is 0. The van der Waals surface area contributed by atoms with Crippen LogP contribution in [0.5, 0.6) is 0 Å². The van der Waals surface area contributed by atoms with E-state index in [1.54, 1.807) is 0 Å². The number of aryl methyl sites for hydroxylation is 1. The molecule has 0 amide bonds. The van der Waals surface area contributed by atoms with Crippen molar-refractivity contribution in [1.29, 1.82) is 0 Å². The highest BCUT2D eigenvalue weighted by Crippen LogP contribution is 2.29. The van der Waals surface area contributed by atoms with E-state index >= 15 is 0 Å². The molecule has 0 fully saturated rings. The van der Waals surface area contributed by atoms with Crippen molar-refractivity contribution in [2.24, 2.45) is 0 Å². The molecule has 1 aromatic carbocycles. The van der Waals surface area contributed by atoms with E-state index in [1.807, 2.05) is 29.7 Å². The zero-order valence-electron chi connectivity index (χ0n) is 9.91. The summed E-state index contributed by atoms with van der Waals surface area (Å²) in [6, 6.07) is 6.04. The normalized spacial score (nSPS) is 11.2. The van der Waals surface area contributed by atoms with Crippen LogP contribution in [0.1, 0.15) is 31.2 Å². The van der Waals surface area contributed by atoms with Crippen LogP contribution in [-0.4, -0.2) is 14.8 Å². The van der Waals surface area contributed by atoms with Crippen LogP contribution < -0.4 is 0 Å². The fourth-order valence-corrected chi connectivity index (χ4v) is 2.33. The third kappa shape index (κ3) is 2.24. The predicted molar refractivity (Wildman–Crippen MR) is 72.9 cm³/mol. The van der Waals surface area contributed by atoms with E-state index in [9.17, 15) is 0 Å². The van der Waals surface area contributed by atoms with Gasteiger partial charge in [-0.2, -0.15) is 0 Å². The van der Waals surface area contributed by atoms with Gasteiger partial charge in [0.25, 0.3) is 0 Å². The molecule has 1 aromatic heterocycles. The van der Waals surface area contributed by atoms with Crippen LogP contribution in [-0.2, 0) is 0 Å². The lowest BCUT2D eigenvalue weighted by atomic mass is 10.2. The van der Waals surface area contributed by atoms with Crippen LogP contribution >= 0.6 is 27.5 Å². The van der Waals surface area contributed by atoms with Crippen LogP contribution in [0, 0.1) is 6.92 Å². The smallest absolute Gasteiger partial charge is 0.229 e. The second kappa shape index (κ2) is 4.78. The van der Waals surface area contributed by atoms with Gasteiger partial charge in [0, 0.05) is 10.4 Å². The van der Waals surface area contributed by atoms with Crippen LogP contribution in [0.2, 0.25) is 5.28 Å². The fourth-order valence-electron chi connectivity index (χ4n) is 1.68. The molecular formula is C12H13BrClN3. The second-order valence-corrected chi connectivity index (χ2v) is 5.36. The standard InChI is InChI=1S/C12H13BrClN3/c1-7(2)11-15-16-12(14)17(11)9-6-4-5-8(3)10(9)13/h4-7H,1-3H3. The van der Waals surface area contributed by atoms with Crippen molar-refractivity contribution in [1.82, 2.24) is 14.8 Å². The monoisotopic (exact) mass is 313 g/mol. The number of benzene rings is 1. The van der Waals surface area contributed by atoms with Gasteiger partial charge in [0.15, 0.2) is 0 Å². The Labute approximate surface area is 114 Å². The van der Waals surface area contributed by atoms with Gasteiger partial charge in [0.1, 0.15) is 5.82 Å². The highest BCUT2D eigenvalue weighted by Gasteiger charge is 2.17. The zero-order valence-corrected chi connectivity index (χ0v) is 12.2. The molecule has 0 aliphatic heterocycles. The van der Waals surface area contributed by atoms with Crippen molar-refractivity contribution in [3.8, 4) is 5.69 Å². The van der Waals surface area contributed by atoms with Gasteiger partial charge >= 0.3 is 0 Å². The summed E-state index contributed by atoms with van der Waals surface area (Å²) >= 11 is 9.70. The first-order chi connectivity index (χ1) is 8.02. The van der Waals surface area contributed by atoms with E-state index < -0.39 is 0 Å². The number of hydrogen-bond donors (Lipinski definition) is 0. The lowest BCUT2D eigenvalue weighted by Crippen LogP contribution is -2.04. The average Bonchev–Trinajstić information content (AvgIpc) is 2.65. The molecule has 1 heterocycles. The molecule has 3 nitrogen and oxygen atoms in total. The van der Waals surface area contributed by atoms with Gasteiger partial charge in [-0.3, -0.25) is 4.57 Å². The molecule has 0 saturated carbocycles. The maximum atomic E-state index is 6.12. The maximum Gasteiger partial charge on any atom is 0.229 e. The van der Waals surface area contributed by atoms with E-state index in [-0.39, 0.29) is 5.92 Å². The highest BCUT2D eigenvalue weighted by molar-refractivity contribution is 9.10. The van der Waals surface area contributed by atoms with Gasteiger partial charge in [0.05, 0.1) is 5.69 Å². The number of rotatable bonds is 2. The molecule has 2 rings (SSSR count). The molecule has 0 radical (unpaired) electrons. The van der Waals surface area contributed by atoms with E-state index in [2.05, 4.69) is 40.0 Å². The van der Waals surface area contributed by atoms with Crippen LogP contribution in [0.3, 0.4) is 0 Å². The van der Waals surface area contributed by atoms with Crippen molar-refractivity contribution in [3.63, 3.8) is 0 Å². The molecule has 90 valence electrons. The van der Waals surface area contributed by atoms with Gasteiger partial charge in [-0.15, -0.1) is 10.2 Å². The molecule has 0 saturated heterocycles. The predicted octanol–water partition coefficient (Wildman–Crippen LogP) is 4.12. The fraction of sp³-hybridized carbons (Fsp3) is 0.333. The number of hydrogen-bond acceptors (Lipinski definition) is 2. The number of halogens is 2. The molecule has 0 aliphatic carbocycles. The van der Waals surface area contributed by atoms with Crippen LogP contribution in [0.25, 0.3) is 5.69 Å². The lowest BCUT2D eigenvalue weighted by molar-refractivity contribution is 0.744. The Morgan fingerprint density at radius 1 is 1.29 bits per heavy atom. The Balaban J connectivity index is 2.68. The lowest BCUT2D eigenvalue weighted by Gasteiger charge is -2.12. The Hall–Kier alpha value is -0.870. The maximum absolute atomic E-state index is 6.12.